The Hall–Kier alpha value is -5.48. The molecule has 0 spiro atoms. The number of nitrogens with zero attached hydrogens (tertiary/aromatic N) is 2. The van der Waals surface area contributed by atoms with Gasteiger partial charge in [0.15, 0.2) is 0 Å². The molecule has 0 fully saturated rings. The van der Waals surface area contributed by atoms with E-state index in [-0.39, 0.29) is 23.0 Å². The third-order valence-electron chi connectivity index (χ3n) is 12.1. The van der Waals surface area contributed by atoms with Crippen LogP contribution in [-0.4, -0.2) is 13.1 Å². The Balaban J connectivity index is 1.27. The first kappa shape index (κ1) is 29.4. The van der Waals surface area contributed by atoms with Crippen LogP contribution in [0, 0.1) is 17.6 Å². The van der Waals surface area contributed by atoms with Crippen molar-refractivity contribution in [1.29, 1.82) is 0 Å². The second-order valence-corrected chi connectivity index (χ2v) is 14.4. The van der Waals surface area contributed by atoms with Crippen LogP contribution in [0.5, 0.6) is 0 Å². The number of anilines is 3. The summed E-state index contributed by atoms with van der Waals surface area (Å²) in [7, 11) is 0. The van der Waals surface area contributed by atoms with Crippen LogP contribution < -0.4 is 9.80 Å². The highest BCUT2D eigenvalue weighted by Gasteiger charge is 2.61. The van der Waals surface area contributed by atoms with Crippen LogP contribution in [0.2, 0.25) is 0 Å². The highest BCUT2D eigenvalue weighted by molar-refractivity contribution is 5.88. The Labute approximate surface area is 292 Å². The van der Waals surface area contributed by atoms with Gasteiger partial charge in [0.25, 0.3) is 0 Å². The number of allylic oxidation sites excluding steroid dienone is 1. The van der Waals surface area contributed by atoms with Crippen molar-refractivity contribution in [2.45, 2.75) is 30.6 Å². The quantitative estimate of drug-likeness (QED) is 0.187. The van der Waals surface area contributed by atoms with Crippen LogP contribution in [0.1, 0.15) is 51.4 Å². The predicted octanol–water partition coefficient (Wildman–Crippen LogP) is 10.3. The molecule has 2 nitrogen and oxygen atoms in total. The lowest BCUT2D eigenvalue weighted by molar-refractivity contribution is 0.355. The molecule has 0 saturated heterocycles. The maximum atomic E-state index is 14.4. The lowest BCUT2D eigenvalue weighted by Gasteiger charge is -2.46. The molecule has 0 aromatic heterocycles. The van der Waals surface area contributed by atoms with Crippen LogP contribution >= 0.6 is 0 Å². The Kier molecular flexibility index (Phi) is 6.33. The van der Waals surface area contributed by atoms with Gasteiger partial charge < -0.3 is 9.80 Å². The van der Waals surface area contributed by atoms with Crippen molar-refractivity contribution in [3.8, 4) is 0 Å². The van der Waals surface area contributed by atoms with Gasteiger partial charge in [-0.05, 0) is 100 Å². The summed E-state index contributed by atoms with van der Waals surface area (Å²) in [6.45, 7) is 4.05. The van der Waals surface area contributed by atoms with E-state index in [1.54, 1.807) is 24.3 Å². The molecule has 2 unspecified atom stereocenters. The first-order valence-corrected chi connectivity index (χ1v) is 17.7. The molecule has 0 N–H and O–H groups in total. The number of benzene rings is 6. The fraction of sp³-hybridized carbons (Fsp3) is 0.174. The van der Waals surface area contributed by atoms with Gasteiger partial charge in [-0.2, -0.15) is 0 Å². The second-order valence-electron chi connectivity index (χ2n) is 14.4. The molecule has 2 atom stereocenters. The average Bonchev–Trinajstić information content (AvgIpc) is 3.83. The number of rotatable bonds is 4. The highest BCUT2D eigenvalue weighted by Crippen LogP contribution is 2.66. The summed E-state index contributed by atoms with van der Waals surface area (Å²) in [5.41, 5.74) is 13.3. The normalized spacial score (nSPS) is 20.9. The van der Waals surface area contributed by atoms with Crippen LogP contribution in [0.25, 0.3) is 5.70 Å². The fourth-order valence-corrected chi connectivity index (χ4v) is 9.99. The second kappa shape index (κ2) is 10.8. The van der Waals surface area contributed by atoms with Gasteiger partial charge >= 0.3 is 0 Å². The standard InChI is InChI=1S/C46H36F2N2/c1-45-38-15-9-8-14-37(38)43(50-25-23-31-27-35(48)17-21-42(31)50)29-44(45)46(32-10-4-2-5-11-32,33-12-6-3-7-13-33)40-28-36(18-19-39(40)45)49-24-22-30-26-34(47)16-20-41(30)49/h2-21,26-29,44H,22-25H2,1H3. The lowest BCUT2D eigenvalue weighted by Crippen LogP contribution is -2.44. The third-order valence-corrected chi connectivity index (χ3v) is 12.1. The summed E-state index contributed by atoms with van der Waals surface area (Å²) in [6, 6.07) is 48.5. The molecule has 2 aliphatic heterocycles. The molecular weight excluding hydrogens is 619 g/mol. The largest absolute Gasteiger partial charge is 0.341 e. The zero-order chi connectivity index (χ0) is 33.6. The summed E-state index contributed by atoms with van der Waals surface area (Å²) in [4.78, 5) is 4.78. The molecule has 50 heavy (non-hydrogen) atoms. The fourth-order valence-electron chi connectivity index (χ4n) is 9.99. The zero-order valence-electron chi connectivity index (χ0n) is 27.9. The third kappa shape index (κ3) is 3.93. The molecule has 10 rings (SSSR count). The lowest BCUT2D eigenvalue weighted by atomic mass is 9.57. The van der Waals surface area contributed by atoms with Crippen LogP contribution in [-0.2, 0) is 23.7 Å². The Morgan fingerprint density at radius 3 is 1.80 bits per heavy atom. The Morgan fingerprint density at radius 1 is 0.560 bits per heavy atom. The molecule has 0 bridgehead atoms. The van der Waals surface area contributed by atoms with Crippen molar-refractivity contribution in [2.24, 2.45) is 5.92 Å². The van der Waals surface area contributed by atoms with E-state index in [0.29, 0.717) is 0 Å². The molecule has 0 amide bonds. The minimum Gasteiger partial charge on any atom is -0.341 e. The molecule has 0 radical (unpaired) electrons. The van der Waals surface area contributed by atoms with Crippen molar-refractivity contribution < 1.29 is 8.78 Å². The van der Waals surface area contributed by atoms with E-state index in [4.69, 9.17) is 0 Å². The molecule has 6 aromatic rings. The minimum absolute atomic E-state index is 0.0133. The van der Waals surface area contributed by atoms with Gasteiger partial charge in [0, 0.05) is 52.7 Å². The number of hydrogen-bond acceptors (Lipinski definition) is 2. The molecule has 2 aliphatic carbocycles. The summed E-state index contributed by atoms with van der Waals surface area (Å²) in [5.74, 6) is -0.355. The van der Waals surface area contributed by atoms with Crippen molar-refractivity contribution in [3.05, 3.63) is 202 Å². The number of hydrogen-bond donors (Lipinski definition) is 0. The van der Waals surface area contributed by atoms with Crippen molar-refractivity contribution in [1.82, 2.24) is 0 Å². The van der Waals surface area contributed by atoms with E-state index in [2.05, 4.69) is 126 Å². The SMILES string of the molecule is CC12c3ccccc3C(N3CCc4cc(F)ccc43)=CC1C(c1ccccc1)(c1ccccc1)c1cc(N3CCc4cc(F)ccc43)ccc12. The predicted molar refractivity (Wildman–Crippen MR) is 198 cm³/mol. The van der Waals surface area contributed by atoms with Gasteiger partial charge in [-0.15, -0.1) is 0 Å². The van der Waals surface area contributed by atoms with E-state index in [9.17, 15) is 8.78 Å². The first-order chi connectivity index (χ1) is 24.5. The highest BCUT2D eigenvalue weighted by atomic mass is 19.1. The van der Waals surface area contributed by atoms with Gasteiger partial charge in [0.1, 0.15) is 11.6 Å². The molecule has 4 heteroatoms. The minimum atomic E-state index is -0.530. The van der Waals surface area contributed by atoms with E-state index >= 15 is 0 Å². The molecule has 0 saturated carbocycles. The summed E-state index contributed by atoms with van der Waals surface area (Å²) in [5, 5.41) is 0. The first-order valence-electron chi connectivity index (χ1n) is 17.7. The zero-order valence-corrected chi connectivity index (χ0v) is 27.9. The van der Waals surface area contributed by atoms with E-state index < -0.39 is 5.41 Å². The van der Waals surface area contributed by atoms with Crippen molar-refractivity contribution in [2.75, 3.05) is 22.9 Å². The summed E-state index contributed by atoms with van der Waals surface area (Å²) in [6.07, 6.45) is 4.17. The van der Waals surface area contributed by atoms with Crippen molar-refractivity contribution >= 4 is 22.8 Å². The summed E-state index contributed by atoms with van der Waals surface area (Å²) >= 11 is 0. The Morgan fingerprint density at radius 2 is 1.14 bits per heavy atom. The molecular formula is C46H36F2N2. The average molecular weight is 655 g/mol. The Bertz CT molecular complexity index is 2310. The van der Waals surface area contributed by atoms with Crippen molar-refractivity contribution in [3.63, 3.8) is 0 Å². The number of halogens is 2. The maximum Gasteiger partial charge on any atom is 0.123 e. The van der Waals surface area contributed by atoms with Gasteiger partial charge in [-0.25, -0.2) is 8.78 Å². The van der Waals surface area contributed by atoms with Crippen LogP contribution in [0.15, 0.2) is 146 Å². The van der Waals surface area contributed by atoms with E-state index in [0.717, 1.165) is 54.1 Å². The van der Waals surface area contributed by atoms with Crippen LogP contribution in [0.3, 0.4) is 0 Å². The molecule has 4 aliphatic rings. The summed E-state index contributed by atoms with van der Waals surface area (Å²) < 4.78 is 28.7. The smallest absolute Gasteiger partial charge is 0.123 e. The van der Waals surface area contributed by atoms with Gasteiger partial charge in [-0.3, -0.25) is 0 Å². The number of fused-ring (bicyclic) bond motifs is 7. The van der Waals surface area contributed by atoms with Gasteiger partial charge in [0.2, 0.25) is 0 Å². The molecule has 244 valence electrons. The molecule has 2 heterocycles. The maximum absolute atomic E-state index is 14.4. The van der Waals surface area contributed by atoms with E-state index in [1.807, 2.05) is 12.1 Å². The molecule has 6 aromatic carbocycles. The monoisotopic (exact) mass is 654 g/mol. The van der Waals surface area contributed by atoms with Gasteiger partial charge in [-0.1, -0.05) is 104 Å². The van der Waals surface area contributed by atoms with Crippen LogP contribution in [0.4, 0.5) is 25.8 Å². The van der Waals surface area contributed by atoms with Gasteiger partial charge in [0.05, 0.1) is 5.41 Å². The topological polar surface area (TPSA) is 6.48 Å². The van der Waals surface area contributed by atoms with E-state index in [1.165, 1.54) is 39.1 Å².